The number of hydrogen-bond donors (Lipinski definition) is 1. The second kappa shape index (κ2) is 9.94. The minimum Gasteiger partial charge on any atom is -0.325 e. The fourth-order valence-electron chi connectivity index (χ4n) is 3.45. The number of carbonyl (C=O) groups is 2. The molecule has 1 atom stereocenters. The largest absolute Gasteiger partial charge is 0.325 e. The number of aryl methyl sites for hydroxylation is 2. The summed E-state index contributed by atoms with van der Waals surface area (Å²) in [5.41, 5.74) is 3.87. The summed E-state index contributed by atoms with van der Waals surface area (Å²) in [5.74, 6) is -0.273. The van der Waals surface area contributed by atoms with Crippen LogP contribution >= 0.6 is 23.1 Å². The second-order valence-electron chi connectivity index (χ2n) is 7.45. The number of pyridine rings is 1. The Morgan fingerprint density at radius 2 is 2.06 bits per heavy atom. The van der Waals surface area contributed by atoms with E-state index in [9.17, 15) is 14.9 Å². The number of fused-ring (bicyclic) bond motifs is 1. The Balaban J connectivity index is 1.37. The normalized spacial score (nSPS) is 13.5. The molecule has 2 heterocycles. The van der Waals surface area contributed by atoms with Crippen LogP contribution in [0.25, 0.3) is 6.08 Å². The van der Waals surface area contributed by atoms with Crippen LogP contribution in [0.4, 0.5) is 5.69 Å². The molecular weight excluding hydrogens is 438 g/mol. The fraction of sp³-hybridized carbons (Fsp3) is 0.200. The maximum atomic E-state index is 12.7. The van der Waals surface area contributed by atoms with Crippen molar-refractivity contribution in [3.63, 3.8) is 0 Å². The topological polar surface area (TPSA) is 82.8 Å². The standard InChI is InChI=1S/C25H21N3O2S2/c1-16(32-25-19(15-26)14-18-4-2-6-22(18)28-25)24(30)27-20-9-7-17(8-10-20)23(29)12-11-21-5-3-13-31-21/h3,5,7-14,16H,2,4,6H2,1H3,(H,27,30)/b12-11+. The van der Waals surface area contributed by atoms with Gasteiger partial charge in [-0.05, 0) is 85.7 Å². The number of benzene rings is 1. The van der Waals surface area contributed by atoms with Crippen LogP contribution in [0.1, 0.15) is 45.4 Å². The van der Waals surface area contributed by atoms with E-state index >= 15 is 0 Å². The molecule has 0 saturated carbocycles. The molecule has 2 aromatic heterocycles. The molecule has 3 aromatic rings. The number of allylic oxidation sites excluding steroid dienone is 1. The Bertz CT molecular complexity index is 1210. The first kappa shape index (κ1) is 22.0. The van der Waals surface area contributed by atoms with Gasteiger partial charge in [-0.1, -0.05) is 17.8 Å². The average Bonchev–Trinajstić information content (AvgIpc) is 3.49. The minimum absolute atomic E-state index is 0.0908. The molecule has 0 bridgehead atoms. The third kappa shape index (κ3) is 5.16. The van der Waals surface area contributed by atoms with Crippen molar-refractivity contribution in [1.29, 1.82) is 5.26 Å². The van der Waals surface area contributed by atoms with Gasteiger partial charge in [0.15, 0.2) is 5.78 Å². The summed E-state index contributed by atoms with van der Waals surface area (Å²) in [5, 5.41) is 14.5. The Morgan fingerprint density at radius 1 is 1.25 bits per heavy atom. The highest BCUT2D eigenvalue weighted by Gasteiger charge is 2.21. The number of hydrogen-bond acceptors (Lipinski definition) is 6. The van der Waals surface area contributed by atoms with Gasteiger partial charge in [0.05, 0.1) is 10.8 Å². The SMILES string of the molecule is CC(Sc1nc2c(cc1C#N)CCC2)C(=O)Nc1ccc(C(=O)/C=C/c2cccs2)cc1. The number of thiophene rings is 1. The third-order valence-electron chi connectivity index (χ3n) is 5.17. The first-order chi connectivity index (χ1) is 15.5. The van der Waals surface area contributed by atoms with Crippen molar-refractivity contribution in [2.24, 2.45) is 0 Å². The molecule has 1 N–H and O–H groups in total. The highest BCUT2D eigenvalue weighted by molar-refractivity contribution is 8.00. The number of anilines is 1. The lowest BCUT2D eigenvalue weighted by atomic mass is 10.1. The summed E-state index contributed by atoms with van der Waals surface area (Å²) < 4.78 is 0. The molecule has 0 saturated heterocycles. The van der Waals surface area contributed by atoms with Crippen molar-refractivity contribution in [2.45, 2.75) is 36.5 Å². The predicted molar refractivity (Wildman–Crippen MR) is 129 cm³/mol. The highest BCUT2D eigenvalue weighted by Crippen LogP contribution is 2.30. The average molecular weight is 460 g/mol. The van der Waals surface area contributed by atoms with Crippen molar-refractivity contribution in [3.8, 4) is 6.07 Å². The molecule has 7 heteroatoms. The molecule has 1 aliphatic rings. The lowest BCUT2D eigenvalue weighted by Crippen LogP contribution is -2.22. The summed E-state index contributed by atoms with van der Waals surface area (Å²) >= 11 is 2.86. The maximum absolute atomic E-state index is 12.7. The number of thioether (sulfide) groups is 1. The lowest BCUT2D eigenvalue weighted by Gasteiger charge is -2.13. The fourth-order valence-corrected chi connectivity index (χ4v) is 4.96. The van der Waals surface area contributed by atoms with Gasteiger partial charge in [0.25, 0.3) is 0 Å². The molecule has 1 amide bonds. The number of carbonyl (C=O) groups excluding carboxylic acids is 2. The van der Waals surface area contributed by atoms with Crippen LogP contribution in [0.2, 0.25) is 0 Å². The van der Waals surface area contributed by atoms with Crippen molar-refractivity contribution in [3.05, 3.63) is 81.2 Å². The molecule has 32 heavy (non-hydrogen) atoms. The van der Waals surface area contributed by atoms with E-state index in [1.54, 1.807) is 54.7 Å². The quantitative estimate of drug-likeness (QED) is 0.286. The number of amides is 1. The molecule has 0 radical (unpaired) electrons. The molecule has 0 fully saturated rings. The number of nitrogens with zero attached hydrogens (tertiary/aromatic N) is 2. The van der Waals surface area contributed by atoms with Gasteiger partial charge < -0.3 is 5.32 Å². The zero-order chi connectivity index (χ0) is 22.5. The van der Waals surface area contributed by atoms with Crippen molar-refractivity contribution in [1.82, 2.24) is 4.98 Å². The van der Waals surface area contributed by atoms with E-state index in [1.807, 2.05) is 23.6 Å². The van der Waals surface area contributed by atoms with Gasteiger partial charge in [0, 0.05) is 21.8 Å². The minimum atomic E-state index is -0.427. The van der Waals surface area contributed by atoms with Gasteiger partial charge in [0.1, 0.15) is 11.1 Å². The first-order valence-corrected chi connectivity index (χ1v) is 12.1. The zero-order valence-electron chi connectivity index (χ0n) is 17.5. The van der Waals surface area contributed by atoms with Crippen LogP contribution < -0.4 is 5.32 Å². The van der Waals surface area contributed by atoms with Crippen LogP contribution in [0.15, 0.2) is 58.9 Å². The summed E-state index contributed by atoms with van der Waals surface area (Å²) in [6, 6.07) is 14.8. The lowest BCUT2D eigenvalue weighted by molar-refractivity contribution is -0.115. The van der Waals surface area contributed by atoms with Gasteiger partial charge in [-0.3, -0.25) is 9.59 Å². The smallest absolute Gasteiger partial charge is 0.237 e. The van der Waals surface area contributed by atoms with Crippen molar-refractivity contribution >= 4 is 46.6 Å². The molecule has 5 nitrogen and oxygen atoms in total. The number of rotatable bonds is 7. The van der Waals surface area contributed by atoms with Crippen molar-refractivity contribution < 1.29 is 9.59 Å². The third-order valence-corrected chi connectivity index (χ3v) is 7.11. The monoisotopic (exact) mass is 459 g/mol. The van der Waals surface area contributed by atoms with Crippen LogP contribution in [-0.4, -0.2) is 21.9 Å². The van der Waals surface area contributed by atoms with Crippen LogP contribution in [-0.2, 0) is 17.6 Å². The molecule has 0 spiro atoms. The summed E-state index contributed by atoms with van der Waals surface area (Å²) in [6.45, 7) is 1.79. The zero-order valence-corrected chi connectivity index (χ0v) is 19.1. The number of nitrogens with one attached hydrogen (secondary N) is 1. The molecule has 0 aliphatic heterocycles. The molecule has 1 aromatic carbocycles. The van der Waals surface area contributed by atoms with E-state index in [0.29, 0.717) is 21.8 Å². The molecule has 160 valence electrons. The van der Waals surface area contributed by atoms with Gasteiger partial charge in [-0.15, -0.1) is 11.3 Å². The van der Waals surface area contributed by atoms with Gasteiger partial charge in [0.2, 0.25) is 5.91 Å². The molecule has 4 rings (SSSR count). The summed E-state index contributed by atoms with van der Waals surface area (Å²) in [6.07, 6.45) is 6.28. The van der Waals surface area contributed by atoms with E-state index in [4.69, 9.17) is 0 Å². The number of nitriles is 1. The van der Waals surface area contributed by atoms with Gasteiger partial charge in [-0.2, -0.15) is 5.26 Å². The van der Waals surface area contributed by atoms with E-state index in [-0.39, 0.29) is 11.7 Å². The van der Waals surface area contributed by atoms with Crippen LogP contribution in [0, 0.1) is 11.3 Å². The second-order valence-corrected chi connectivity index (χ2v) is 9.76. The van der Waals surface area contributed by atoms with E-state index in [0.717, 1.165) is 35.4 Å². The van der Waals surface area contributed by atoms with E-state index in [2.05, 4.69) is 16.4 Å². The number of ketones is 1. The maximum Gasteiger partial charge on any atom is 0.237 e. The number of aromatic nitrogens is 1. The summed E-state index contributed by atoms with van der Waals surface area (Å²) in [4.78, 5) is 30.7. The molecule has 1 aliphatic carbocycles. The van der Waals surface area contributed by atoms with Crippen molar-refractivity contribution in [2.75, 3.05) is 5.32 Å². The molecule has 1 unspecified atom stereocenters. The Labute approximate surface area is 195 Å². The molecular formula is C25H21N3O2S2. The highest BCUT2D eigenvalue weighted by atomic mass is 32.2. The Morgan fingerprint density at radius 3 is 2.78 bits per heavy atom. The Kier molecular flexibility index (Phi) is 6.84. The van der Waals surface area contributed by atoms with Gasteiger partial charge in [-0.25, -0.2) is 4.98 Å². The summed E-state index contributed by atoms with van der Waals surface area (Å²) in [7, 11) is 0. The van der Waals surface area contributed by atoms with Gasteiger partial charge >= 0.3 is 0 Å². The van der Waals surface area contributed by atoms with E-state index < -0.39 is 5.25 Å². The Hall–Kier alpha value is -3.21. The van der Waals surface area contributed by atoms with Crippen LogP contribution in [0.3, 0.4) is 0 Å². The van der Waals surface area contributed by atoms with Crippen LogP contribution in [0.5, 0.6) is 0 Å². The first-order valence-electron chi connectivity index (χ1n) is 10.3. The predicted octanol–water partition coefficient (Wildman–Crippen LogP) is 5.52. The van der Waals surface area contributed by atoms with E-state index in [1.165, 1.54) is 11.8 Å².